The molecule has 0 nitrogen and oxygen atoms in total. The zero-order valence-corrected chi connectivity index (χ0v) is 26.3. The Bertz CT molecular complexity index is 2510. The molecular weight excluding hydrogens is 577 g/mol. The lowest BCUT2D eigenvalue weighted by molar-refractivity contribution is 1.54. The lowest BCUT2D eigenvalue weighted by atomic mass is 9.72. The number of hydrogen-bond donors (Lipinski definition) is 0. The topological polar surface area (TPSA) is 0 Å². The van der Waals surface area contributed by atoms with Gasteiger partial charge in [-0.15, -0.1) is 0 Å². The van der Waals surface area contributed by atoms with E-state index in [1.165, 1.54) is 99.1 Å². The first kappa shape index (κ1) is 26.9. The minimum atomic E-state index is 1.22. The molecule has 0 spiro atoms. The molecule has 1 aliphatic rings. The molecule has 9 aromatic carbocycles. The Balaban J connectivity index is 1.54. The summed E-state index contributed by atoms with van der Waals surface area (Å²) in [5.74, 6) is 0. The van der Waals surface area contributed by atoms with Crippen molar-refractivity contribution in [3.63, 3.8) is 0 Å². The van der Waals surface area contributed by atoms with Crippen LogP contribution < -0.4 is 0 Å². The van der Waals surface area contributed by atoms with Gasteiger partial charge in [0.2, 0.25) is 0 Å². The van der Waals surface area contributed by atoms with Gasteiger partial charge in [-0.1, -0.05) is 182 Å². The second kappa shape index (κ2) is 10.7. The largest absolute Gasteiger partial charge is 0.0622 e. The van der Waals surface area contributed by atoms with Gasteiger partial charge in [-0.2, -0.15) is 0 Å². The van der Waals surface area contributed by atoms with E-state index in [0.717, 1.165) is 0 Å². The van der Waals surface area contributed by atoms with Crippen molar-refractivity contribution in [2.24, 2.45) is 0 Å². The number of hydrogen-bond acceptors (Lipinski definition) is 0. The molecular formula is C48H30. The molecule has 10 rings (SSSR count). The second-order valence-electron chi connectivity index (χ2n) is 12.7. The molecule has 48 heavy (non-hydrogen) atoms. The third-order valence-corrected chi connectivity index (χ3v) is 10.2. The van der Waals surface area contributed by atoms with E-state index in [2.05, 4.69) is 182 Å². The number of rotatable bonds is 2. The Labute approximate surface area is 280 Å². The molecule has 0 saturated carbocycles. The van der Waals surface area contributed by atoms with Crippen molar-refractivity contribution in [2.75, 3.05) is 0 Å². The first-order chi connectivity index (χ1) is 23.9. The predicted octanol–water partition coefficient (Wildman–Crippen LogP) is 13.5. The van der Waals surface area contributed by atoms with Gasteiger partial charge in [-0.25, -0.2) is 0 Å². The van der Waals surface area contributed by atoms with Gasteiger partial charge in [0.1, 0.15) is 0 Å². The average molecular weight is 607 g/mol. The highest BCUT2D eigenvalue weighted by atomic mass is 14.3. The van der Waals surface area contributed by atoms with Gasteiger partial charge in [-0.3, -0.25) is 0 Å². The normalized spacial score (nSPS) is 11.8. The van der Waals surface area contributed by atoms with E-state index >= 15 is 0 Å². The molecule has 0 aromatic heterocycles. The van der Waals surface area contributed by atoms with Crippen LogP contribution in [-0.2, 0) is 0 Å². The first-order valence-electron chi connectivity index (χ1n) is 16.7. The maximum absolute atomic E-state index is 2.35. The van der Waals surface area contributed by atoms with Gasteiger partial charge >= 0.3 is 0 Å². The van der Waals surface area contributed by atoms with Crippen LogP contribution in [0.5, 0.6) is 0 Å². The molecule has 0 aliphatic heterocycles. The maximum atomic E-state index is 2.35. The highest BCUT2D eigenvalue weighted by Crippen LogP contribution is 2.58. The van der Waals surface area contributed by atoms with E-state index in [1.807, 2.05) is 0 Å². The van der Waals surface area contributed by atoms with E-state index in [1.54, 1.807) is 0 Å². The van der Waals surface area contributed by atoms with Crippen molar-refractivity contribution in [1.82, 2.24) is 0 Å². The van der Waals surface area contributed by atoms with E-state index in [-0.39, 0.29) is 0 Å². The van der Waals surface area contributed by atoms with E-state index in [9.17, 15) is 0 Å². The van der Waals surface area contributed by atoms with Crippen molar-refractivity contribution in [3.05, 3.63) is 182 Å². The summed E-state index contributed by atoms with van der Waals surface area (Å²) in [5.41, 5.74) is 15.2. The lowest BCUT2D eigenvalue weighted by Crippen LogP contribution is -2.03. The van der Waals surface area contributed by atoms with Gasteiger partial charge in [0, 0.05) is 0 Å². The van der Waals surface area contributed by atoms with Crippen LogP contribution >= 0.6 is 0 Å². The number of fused-ring (bicyclic) bond motifs is 14. The Morgan fingerprint density at radius 3 is 0.771 bits per heavy atom. The molecule has 0 bridgehead atoms. The van der Waals surface area contributed by atoms with E-state index in [4.69, 9.17) is 0 Å². The van der Waals surface area contributed by atoms with Crippen molar-refractivity contribution < 1.29 is 0 Å². The second-order valence-corrected chi connectivity index (χ2v) is 12.7. The van der Waals surface area contributed by atoms with Gasteiger partial charge in [-0.05, 0) is 99.1 Å². The zero-order valence-electron chi connectivity index (χ0n) is 26.3. The third kappa shape index (κ3) is 3.84. The minimum absolute atomic E-state index is 1.22. The summed E-state index contributed by atoms with van der Waals surface area (Å²) in [6.07, 6.45) is 0. The fourth-order valence-corrected chi connectivity index (χ4v) is 8.33. The SMILES string of the molecule is c1ccc(-c2c3c(c(-c4ccccc4)c4ccccc24)-c2ccccc2-c2c(c4ccccc4c4ccccc24)-c2ccccc2-3)cc1. The lowest BCUT2D eigenvalue weighted by Gasteiger charge is -2.30. The fraction of sp³-hybridized carbons (Fsp3) is 0. The summed E-state index contributed by atoms with van der Waals surface area (Å²) in [6, 6.07) is 67.2. The van der Waals surface area contributed by atoms with Crippen LogP contribution in [-0.4, -0.2) is 0 Å². The van der Waals surface area contributed by atoms with Crippen molar-refractivity contribution >= 4 is 32.3 Å². The van der Waals surface area contributed by atoms with Crippen LogP contribution in [0.2, 0.25) is 0 Å². The maximum Gasteiger partial charge on any atom is -0.000763 e. The molecule has 0 N–H and O–H groups in total. The minimum Gasteiger partial charge on any atom is -0.0622 e. The van der Waals surface area contributed by atoms with Crippen LogP contribution in [0.15, 0.2) is 182 Å². The van der Waals surface area contributed by atoms with Crippen molar-refractivity contribution in [3.8, 4) is 66.8 Å². The van der Waals surface area contributed by atoms with Crippen LogP contribution in [0.3, 0.4) is 0 Å². The molecule has 1 aliphatic carbocycles. The monoisotopic (exact) mass is 606 g/mol. The summed E-state index contributed by atoms with van der Waals surface area (Å²) >= 11 is 0. The third-order valence-electron chi connectivity index (χ3n) is 10.2. The quantitative estimate of drug-likeness (QED) is 0.172. The molecule has 0 amide bonds. The molecule has 0 atom stereocenters. The molecule has 0 heterocycles. The average Bonchev–Trinajstić information content (AvgIpc) is 3.16. The highest BCUT2D eigenvalue weighted by Gasteiger charge is 2.31. The smallest absolute Gasteiger partial charge is 0.000763 e. The molecule has 0 saturated heterocycles. The van der Waals surface area contributed by atoms with Crippen molar-refractivity contribution in [1.29, 1.82) is 0 Å². The summed E-state index contributed by atoms with van der Waals surface area (Å²) in [4.78, 5) is 0. The molecule has 0 radical (unpaired) electrons. The summed E-state index contributed by atoms with van der Waals surface area (Å²) in [6.45, 7) is 0. The molecule has 0 unspecified atom stereocenters. The Kier molecular flexibility index (Phi) is 5.98. The number of benzene rings is 9. The van der Waals surface area contributed by atoms with Crippen molar-refractivity contribution in [2.45, 2.75) is 0 Å². The van der Waals surface area contributed by atoms with Crippen LogP contribution in [0.4, 0.5) is 0 Å². The van der Waals surface area contributed by atoms with Crippen LogP contribution in [0.1, 0.15) is 0 Å². The molecule has 9 aromatic rings. The van der Waals surface area contributed by atoms with Gasteiger partial charge in [0.05, 0.1) is 0 Å². The van der Waals surface area contributed by atoms with E-state index in [0.29, 0.717) is 0 Å². The Morgan fingerprint density at radius 2 is 0.417 bits per heavy atom. The zero-order chi connectivity index (χ0) is 31.6. The summed E-state index contributed by atoms with van der Waals surface area (Å²) in [7, 11) is 0. The molecule has 0 fully saturated rings. The summed E-state index contributed by atoms with van der Waals surface area (Å²) < 4.78 is 0. The molecule has 222 valence electrons. The van der Waals surface area contributed by atoms with Crippen LogP contribution in [0.25, 0.3) is 99.1 Å². The standard InChI is InChI=1S/C48H30/c1-3-17-31(18-4-1)43-37-25-11-12-26-38(37)44(32-19-5-2-6-20-32)48-42-30-16-14-28-40(42)46-36-24-10-8-22-34(36)33-21-7-9-23-35(33)45(46)39-27-13-15-29-41(39)47(43)48/h1-30H. The first-order valence-corrected chi connectivity index (χ1v) is 16.7. The van der Waals surface area contributed by atoms with Gasteiger partial charge < -0.3 is 0 Å². The Morgan fingerprint density at radius 1 is 0.167 bits per heavy atom. The summed E-state index contributed by atoms with van der Waals surface area (Å²) in [5, 5.41) is 7.65. The van der Waals surface area contributed by atoms with Crippen LogP contribution in [0, 0.1) is 0 Å². The van der Waals surface area contributed by atoms with Gasteiger partial charge in [0.25, 0.3) is 0 Å². The highest BCUT2D eigenvalue weighted by molar-refractivity contribution is 6.27. The predicted molar refractivity (Wildman–Crippen MR) is 205 cm³/mol. The fourth-order valence-electron chi connectivity index (χ4n) is 8.33. The molecule has 0 heteroatoms. The van der Waals surface area contributed by atoms with E-state index < -0.39 is 0 Å². The van der Waals surface area contributed by atoms with Gasteiger partial charge in [0.15, 0.2) is 0 Å². The Hall–Kier alpha value is -6.24.